The van der Waals surface area contributed by atoms with Gasteiger partial charge in [0.1, 0.15) is 6.10 Å². The lowest BCUT2D eigenvalue weighted by atomic mass is 9.88. The number of rotatable bonds is 12. The van der Waals surface area contributed by atoms with Gasteiger partial charge in [0.2, 0.25) is 11.8 Å². The predicted molar refractivity (Wildman–Crippen MR) is 177 cm³/mol. The molecule has 46 heavy (non-hydrogen) atoms. The third-order valence-corrected chi connectivity index (χ3v) is 9.96. The van der Waals surface area contributed by atoms with E-state index >= 15 is 0 Å². The summed E-state index contributed by atoms with van der Waals surface area (Å²) in [5.74, 6) is -0.257. The van der Waals surface area contributed by atoms with Gasteiger partial charge in [-0.1, -0.05) is 30.7 Å². The molecule has 3 heterocycles. The van der Waals surface area contributed by atoms with Crippen LogP contribution in [-0.2, 0) is 33.3 Å². The van der Waals surface area contributed by atoms with Gasteiger partial charge in [0.15, 0.2) is 0 Å². The Kier molecular flexibility index (Phi) is 13.0. The summed E-state index contributed by atoms with van der Waals surface area (Å²) in [5.41, 5.74) is 0.983. The number of esters is 1. The van der Waals surface area contributed by atoms with Gasteiger partial charge < -0.3 is 34.5 Å². The lowest BCUT2D eigenvalue weighted by molar-refractivity contribution is -0.143. The molecule has 4 fully saturated rings. The lowest BCUT2D eigenvalue weighted by Crippen LogP contribution is -2.50. The standard InChI is InChI=1S/C36H57N3O7/c1-23(9-16-33-24(2)18-32(26(4)45-33)38-34(41)17-10-25(3)44-27(5)40)8-15-30-20-36(22-43-36)21-31(46-30)19-35(42)37-28-11-13-29(14-12-28)39(6)7/h8-10,15,17,24-26,28-33H,11-14,16,18-22H2,1-7H3,(H,37,42)(H,38,41)/b15-8+,17-10-,23-9+/t24-,25?,26+,28-,29-,30+,31+,32+,33-,36+/m0/s1. The number of epoxide rings is 1. The maximum atomic E-state index is 12.9. The number of allylic oxidation sites excluding steroid dienone is 2. The van der Waals surface area contributed by atoms with Crippen LogP contribution in [0.2, 0.25) is 0 Å². The lowest BCUT2D eigenvalue weighted by Gasteiger charge is -2.39. The summed E-state index contributed by atoms with van der Waals surface area (Å²) < 4.78 is 23.6. The van der Waals surface area contributed by atoms with Crippen molar-refractivity contribution in [1.82, 2.24) is 15.5 Å². The van der Waals surface area contributed by atoms with Crippen molar-refractivity contribution in [2.75, 3.05) is 20.7 Å². The van der Waals surface area contributed by atoms with Crippen molar-refractivity contribution in [3.05, 3.63) is 36.0 Å². The van der Waals surface area contributed by atoms with E-state index in [2.05, 4.69) is 61.7 Å². The fourth-order valence-corrected chi connectivity index (χ4v) is 7.11. The number of carbonyl (C=O) groups is 3. The Balaban J connectivity index is 1.21. The topological polar surface area (TPSA) is 119 Å². The van der Waals surface area contributed by atoms with Crippen molar-refractivity contribution in [2.45, 2.75) is 147 Å². The van der Waals surface area contributed by atoms with Gasteiger partial charge in [0.05, 0.1) is 49.1 Å². The van der Waals surface area contributed by atoms with Crippen LogP contribution in [0.1, 0.15) is 92.4 Å². The second kappa shape index (κ2) is 16.5. The summed E-state index contributed by atoms with van der Waals surface area (Å²) in [7, 11) is 4.26. The van der Waals surface area contributed by atoms with Crippen LogP contribution in [-0.4, -0.2) is 97.6 Å². The average Bonchev–Trinajstić information content (AvgIpc) is 3.72. The first-order valence-corrected chi connectivity index (χ1v) is 17.2. The second-order valence-electron chi connectivity index (χ2n) is 14.3. The first kappa shape index (κ1) is 36.3. The molecular weight excluding hydrogens is 586 g/mol. The molecule has 0 radical (unpaired) electrons. The van der Waals surface area contributed by atoms with Gasteiger partial charge in [-0.25, -0.2) is 0 Å². The first-order valence-electron chi connectivity index (χ1n) is 17.2. The minimum absolute atomic E-state index is 0.0564. The molecule has 1 spiro atoms. The minimum atomic E-state index is -0.459. The summed E-state index contributed by atoms with van der Waals surface area (Å²) >= 11 is 0. The number of hydrogen-bond acceptors (Lipinski definition) is 8. The Morgan fingerprint density at radius 2 is 1.74 bits per heavy atom. The number of nitrogens with zero attached hydrogens (tertiary/aromatic N) is 1. The van der Waals surface area contributed by atoms with E-state index in [-0.39, 0.29) is 65.8 Å². The van der Waals surface area contributed by atoms with E-state index in [4.69, 9.17) is 18.9 Å². The third-order valence-electron chi connectivity index (χ3n) is 9.96. The smallest absolute Gasteiger partial charge is 0.303 e. The molecule has 10 heteroatoms. The van der Waals surface area contributed by atoms with Crippen molar-refractivity contribution in [3.63, 3.8) is 0 Å². The zero-order chi connectivity index (χ0) is 33.4. The molecule has 2 amide bonds. The molecule has 0 bridgehead atoms. The SMILES string of the molecule is CC(=O)OC(C)/C=C\C(=O)N[C@@H]1C[C@H](C)[C@H](C/C=C(C)/C=C/[C@@H]2C[C@]3(CO3)C[C@@H](CC(=O)N[C@H]3CC[C@H](N(C)C)CC3)O2)O[C@@H]1C. The predicted octanol–water partition coefficient (Wildman–Crippen LogP) is 4.38. The van der Waals surface area contributed by atoms with Crippen LogP contribution >= 0.6 is 0 Å². The van der Waals surface area contributed by atoms with E-state index in [1.165, 1.54) is 13.0 Å². The van der Waals surface area contributed by atoms with Crippen molar-refractivity contribution >= 4 is 17.8 Å². The highest BCUT2D eigenvalue weighted by Crippen LogP contribution is 2.43. The minimum Gasteiger partial charge on any atom is -0.459 e. The van der Waals surface area contributed by atoms with Crippen LogP contribution in [0.15, 0.2) is 36.0 Å². The monoisotopic (exact) mass is 643 g/mol. The van der Waals surface area contributed by atoms with Crippen LogP contribution in [0.4, 0.5) is 0 Å². The summed E-state index contributed by atoms with van der Waals surface area (Å²) in [4.78, 5) is 38.7. The molecule has 3 aliphatic heterocycles. The summed E-state index contributed by atoms with van der Waals surface area (Å²) in [6.45, 7) is 10.0. The molecule has 1 aliphatic carbocycles. The summed E-state index contributed by atoms with van der Waals surface area (Å²) in [5, 5.41) is 6.30. The number of carbonyl (C=O) groups excluding carboxylic acids is 3. The van der Waals surface area contributed by atoms with Gasteiger partial charge in [0.25, 0.3) is 0 Å². The van der Waals surface area contributed by atoms with Crippen LogP contribution in [0.25, 0.3) is 0 Å². The Morgan fingerprint density at radius 3 is 2.39 bits per heavy atom. The van der Waals surface area contributed by atoms with Crippen LogP contribution < -0.4 is 10.6 Å². The second-order valence-corrected chi connectivity index (χ2v) is 14.3. The first-order chi connectivity index (χ1) is 21.8. The Labute approximate surface area is 275 Å². The molecule has 0 aromatic carbocycles. The molecule has 4 rings (SSSR count). The molecule has 2 N–H and O–H groups in total. The molecule has 0 aromatic heterocycles. The van der Waals surface area contributed by atoms with Crippen molar-refractivity contribution in [2.24, 2.45) is 5.92 Å². The van der Waals surface area contributed by atoms with Gasteiger partial charge in [-0.15, -0.1) is 0 Å². The third kappa shape index (κ3) is 11.3. The fourth-order valence-electron chi connectivity index (χ4n) is 7.11. The van der Waals surface area contributed by atoms with Gasteiger partial charge in [-0.2, -0.15) is 0 Å². The maximum Gasteiger partial charge on any atom is 0.303 e. The van der Waals surface area contributed by atoms with Crippen LogP contribution in [0.5, 0.6) is 0 Å². The highest BCUT2D eigenvalue weighted by atomic mass is 16.6. The summed E-state index contributed by atoms with van der Waals surface area (Å²) in [6, 6.07) is 0.780. The van der Waals surface area contributed by atoms with Gasteiger partial charge in [-0.3, -0.25) is 14.4 Å². The van der Waals surface area contributed by atoms with Crippen molar-refractivity contribution in [3.8, 4) is 0 Å². The quantitative estimate of drug-likeness (QED) is 0.139. The average molecular weight is 644 g/mol. The highest BCUT2D eigenvalue weighted by molar-refractivity contribution is 5.87. The molecule has 3 saturated heterocycles. The fraction of sp³-hybridized carbons (Fsp3) is 0.750. The van der Waals surface area contributed by atoms with Crippen LogP contribution in [0.3, 0.4) is 0 Å². The molecule has 1 saturated carbocycles. The molecule has 258 valence electrons. The normalized spacial score (nSPS) is 35.8. The number of hydrogen-bond donors (Lipinski definition) is 2. The zero-order valence-electron chi connectivity index (χ0n) is 29.0. The Bertz CT molecular complexity index is 1140. The summed E-state index contributed by atoms with van der Waals surface area (Å²) in [6.07, 6.45) is 16.5. The van der Waals surface area contributed by atoms with Crippen molar-refractivity contribution in [1.29, 1.82) is 0 Å². The van der Waals surface area contributed by atoms with Crippen LogP contribution in [0, 0.1) is 5.92 Å². The molecular formula is C36H57N3O7. The van der Waals surface area contributed by atoms with E-state index in [1.54, 1.807) is 13.0 Å². The van der Waals surface area contributed by atoms with Crippen molar-refractivity contribution < 1.29 is 33.3 Å². The molecule has 4 aliphatic rings. The van der Waals surface area contributed by atoms with Gasteiger partial charge in [0, 0.05) is 37.9 Å². The molecule has 0 aromatic rings. The van der Waals surface area contributed by atoms with Gasteiger partial charge >= 0.3 is 5.97 Å². The maximum absolute atomic E-state index is 12.9. The number of ether oxygens (including phenoxy) is 4. The van der Waals surface area contributed by atoms with E-state index in [0.29, 0.717) is 12.5 Å². The largest absolute Gasteiger partial charge is 0.459 e. The highest BCUT2D eigenvalue weighted by Gasteiger charge is 2.51. The zero-order valence-corrected chi connectivity index (χ0v) is 29.0. The van der Waals surface area contributed by atoms with E-state index in [1.807, 2.05) is 6.92 Å². The van der Waals surface area contributed by atoms with E-state index in [9.17, 15) is 14.4 Å². The van der Waals surface area contributed by atoms with Gasteiger partial charge in [-0.05, 0) is 85.4 Å². The molecule has 8 atom stereocenters. The molecule has 10 nitrogen and oxygen atoms in total. The van der Waals surface area contributed by atoms with E-state index < -0.39 is 6.10 Å². The molecule has 1 unspecified atom stereocenters. The Hall–Kier alpha value is -2.53. The Morgan fingerprint density at radius 1 is 1.02 bits per heavy atom. The number of amides is 2. The van der Waals surface area contributed by atoms with E-state index in [0.717, 1.165) is 63.5 Å². The number of nitrogens with one attached hydrogen (secondary N) is 2.